The van der Waals surface area contributed by atoms with Gasteiger partial charge < -0.3 is 8.85 Å². The summed E-state index contributed by atoms with van der Waals surface area (Å²) >= 11 is 0. The molecule has 0 aliphatic carbocycles. The molecule has 3 heteroatoms. The van der Waals surface area contributed by atoms with Crippen LogP contribution in [-0.4, -0.2) is 21.8 Å². The first kappa shape index (κ1) is 18.1. The maximum Gasteiger partial charge on any atom is 0.344 e. The smallest absolute Gasteiger partial charge is 0.344 e. The minimum atomic E-state index is -2.17. The lowest BCUT2D eigenvalue weighted by Crippen LogP contribution is -2.54. The normalized spacial score (nSPS) is 15.2. The maximum atomic E-state index is 6.29. The van der Waals surface area contributed by atoms with Crippen molar-refractivity contribution in [2.75, 3.05) is 13.2 Å². The van der Waals surface area contributed by atoms with Gasteiger partial charge in [-0.1, -0.05) is 48.0 Å². The highest BCUT2D eigenvalue weighted by Crippen LogP contribution is 2.49. The molecule has 1 atom stereocenters. The number of hydrogen-bond acceptors (Lipinski definition) is 2. The number of rotatable bonds is 9. The summed E-state index contributed by atoms with van der Waals surface area (Å²) in [5.74, 6) is 1.25. The topological polar surface area (TPSA) is 18.5 Å². The summed E-state index contributed by atoms with van der Waals surface area (Å²) in [6.07, 6.45) is 1.18. The molecule has 0 amide bonds. The van der Waals surface area contributed by atoms with E-state index in [9.17, 15) is 0 Å². The molecule has 110 valence electrons. The fourth-order valence-corrected chi connectivity index (χ4v) is 7.24. The van der Waals surface area contributed by atoms with Gasteiger partial charge in [0.25, 0.3) is 0 Å². The van der Waals surface area contributed by atoms with E-state index < -0.39 is 8.56 Å². The zero-order valence-corrected chi connectivity index (χ0v) is 14.8. The molecule has 0 aliphatic heterocycles. The fraction of sp³-hybridized carbons (Fsp3) is 1.00. The van der Waals surface area contributed by atoms with Gasteiger partial charge in [0.05, 0.1) is 0 Å². The van der Waals surface area contributed by atoms with Gasteiger partial charge >= 0.3 is 8.56 Å². The molecule has 0 saturated carbocycles. The second-order valence-corrected chi connectivity index (χ2v) is 10.0. The molecule has 1 unspecified atom stereocenters. The first-order valence-corrected chi connectivity index (χ1v) is 9.57. The van der Waals surface area contributed by atoms with Crippen molar-refractivity contribution >= 4 is 8.56 Å². The van der Waals surface area contributed by atoms with E-state index in [1.165, 1.54) is 6.42 Å². The van der Waals surface area contributed by atoms with Crippen molar-refractivity contribution in [2.24, 2.45) is 11.8 Å². The maximum absolute atomic E-state index is 6.29. The fourth-order valence-electron chi connectivity index (χ4n) is 2.68. The van der Waals surface area contributed by atoms with Gasteiger partial charge in [-0.15, -0.1) is 0 Å². The summed E-state index contributed by atoms with van der Waals surface area (Å²) in [7, 11) is -2.17. The lowest BCUT2D eigenvalue weighted by molar-refractivity contribution is 0.138. The molecule has 0 N–H and O–H groups in total. The van der Waals surface area contributed by atoms with Crippen LogP contribution in [0.2, 0.25) is 11.1 Å². The number of hydrogen-bond donors (Lipinski definition) is 0. The molecule has 0 aliphatic rings. The van der Waals surface area contributed by atoms with Gasteiger partial charge in [-0.3, -0.25) is 0 Å². The summed E-state index contributed by atoms with van der Waals surface area (Å²) < 4.78 is 12.6. The van der Waals surface area contributed by atoms with Crippen molar-refractivity contribution in [3.05, 3.63) is 0 Å². The monoisotopic (exact) mass is 274 g/mol. The summed E-state index contributed by atoms with van der Waals surface area (Å²) in [6.45, 7) is 19.5. The SMILES string of the molecule is CCO[Si](CC(C)C)(OCC)C(C)(C)C(C)CC. The van der Waals surface area contributed by atoms with Crippen LogP contribution in [0.1, 0.15) is 61.8 Å². The Balaban J connectivity index is 5.36. The first-order chi connectivity index (χ1) is 8.27. The van der Waals surface area contributed by atoms with Crippen LogP contribution in [-0.2, 0) is 8.85 Å². The molecule has 0 heterocycles. The van der Waals surface area contributed by atoms with E-state index in [0.717, 1.165) is 19.3 Å². The third-order valence-corrected chi connectivity index (χ3v) is 9.58. The Morgan fingerprint density at radius 3 is 1.67 bits per heavy atom. The van der Waals surface area contributed by atoms with Gasteiger partial charge in [0.1, 0.15) is 0 Å². The molecule has 0 aromatic rings. The van der Waals surface area contributed by atoms with Crippen molar-refractivity contribution < 1.29 is 8.85 Å². The Labute approximate surface area is 116 Å². The van der Waals surface area contributed by atoms with Crippen LogP contribution in [0.25, 0.3) is 0 Å². The Morgan fingerprint density at radius 1 is 0.944 bits per heavy atom. The van der Waals surface area contributed by atoms with E-state index in [1.54, 1.807) is 0 Å². The predicted molar refractivity (Wildman–Crippen MR) is 82.1 cm³/mol. The largest absolute Gasteiger partial charge is 0.394 e. The van der Waals surface area contributed by atoms with Crippen LogP contribution in [0.4, 0.5) is 0 Å². The highest BCUT2D eigenvalue weighted by atomic mass is 28.4. The first-order valence-electron chi connectivity index (χ1n) is 7.55. The second-order valence-electron chi connectivity index (χ2n) is 6.25. The molecule has 0 spiro atoms. The van der Waals surface area contributed by atoms with Gasteiger partial charge in [-0.25, -0.2) is 0 Å². The average molecular weight is 275 g/mol. The summed E-state index contributed by atoms with van der Waals surface area (Å²) in [5, 5.41) is 0.151. The Morgan fingerprint density at radius 2 is 1.39 bits per heavy atom. The van der Waals surface area contributed by atoms with Crippen LogP contribution in [0, 0.1) is 11.8 Å². The molecule has 0 aromatic heterocycles. The van der Waals surface area contributed by atoms with Crippen LogP contribution >= 0.6 is 0 Å². The zero-order valence-electron chi connectivity index (χ0n) is 13.8. The third kappa shape index (κ3) is 4.07. The second kappa shape index (κ2) is 7.66. The van der Waals surface area contributed by atoms with Crippen LogP contribution in [0.3, 0.4) is 0 Å². The molecule has 0 radical (unpaired) electrons. The predicted octanol–water partition coefficient (Wildman–Crippen LogP) is 4.98. The van der Waals surface area contributed by atoms with Crippen LogP contribution in [0.15, 0.2) is 0 Å². The van der Waals surface area contributed by atoms with Crippen LogP contribution in [0.5, 0.6) is 0 Å². The van der Waals surface area contributed by atoms with E-state index in [-0.39, 0.29) is 5.04 Å². The zero-order chi connectivity index (χ0) is 14.4. The Kier molecular flexibility index (Phi) is 7.72. The van der Waals surface area contributed by atoms with E-state index in [2.05, 4.69) is 55.4 Å². The summed E-state index contributed by atoms with van der Waals surface area (Å²) in [5.41, 5.74) is 0. The van der Waals surface area contributed by atoms with Gasteiger partial charge in [0.15, 0.2) is 0 Å². The molecule has 0 aromatic carbocycles. The van der Waals surface area contributed by atoms with Crippen molar-refractivity contribution in [2.45, 2.75) is 72.9 Å². The molecular weight excluding hydrogens is 240 g/mol. The third-order valence-electron chi connectivity index (χ3n) is 4.26. The summed E-state index contributed by atoms with van der Waals surface area (Å²) in [6, 6.07) is 1.09. The minimum Gasteiger partial charge on any atom is -0.394 e. The molecule has 0 rings (SSSR count). The van der Waals surface area contributed by atoms with E-state index in [1.807, 2.05) is 0 Å². The highest BCUT2D eigenvalue weighted by Gasteiger charge is 2.54. The average Bonchev–Trinajstić information content (AvgIpc) is 2.27. The highest BCUT2D eigenvalue weighted by molar-refractivity contribution is 6.70. The molecule has 18 heavy (non-hydrogen) atoms. The molecule has 2 nitrogen and oxygen atoms in total. The van der Waals surface area contributed by atoms with Crippen molar-refractivity contribution in [3.63, 3.8) is 0 Å². The van der Waals surface area contributed by atoms with Gasteiger partial charge in [0.2, 0.25) is 0 Å². The van der Waals surface area contributed by atoms with E-state index >= 15 is 0 Å². The van der Waals surface area contributed by atoms with Gasteiger partial charge in [0, 0.05) is 18.3 Å². The van der Waals surface area contributed by atoms with Gasteiger partial charge in [-0.2, -0.15) is 0 Å². The van der Waals surface area contributed by atoms with E-state index in [0.29, 0.717) is 11.8 Å². The molecular formula is C15H34O2Si. The van der Waals surface area contributed by atoms with E-state index in [4.69, 9.17) is 8.85 Å². The molecule has 0 bridgehead atoms. The Bertz CT molecular complexity index is 221. The minimum absolute atomic E-state index is 0.151. The standard InChI is InChI=1S/C15H34O2Si/c1-9-14(6)15(7,8)18(16-10-2,17-11-3)12-13(4)5/h13-14H,9-12H2,1-8H3. The lowest BCUT2D eigenvalue weighted by atomic mass is 9.94. The molecule has 0 fully saturated rings. The van der Waals surface area contributed by atoms with Gasteiger partial charge in [-0.05, 0) is 31.7 Å². The lowest BCUT2D eigenvalue weighted by Gasteiger charge is -2.47. The Hall–Kier alpha value is 0.137. The van der Waals surface area contributed by atoms with Crippen molar-refractivity contribution in [3.8, 4) is 0 Å². The van der Waals surface area contributed by atoms with Crippen molar-refractivity contribution in [1.82, 2.24) is 0 Å². The van der Waals surface area contributed by atoms with Crippen molar-refractivity contribution in [1.29, 1.82) is 0 Å². The van der Waals surface area contributed by atoms with Crippen LogP contribution < -0.4 is 0 Å². The quantitative estimate of drug-likeness (QED) is 0.552. The molecule has 0 saturated heterocycles. The summed E-state index contributed by atoms with van der Waals surface area (Å²) in [4.78, 5) is 0.